The first-order chi connectivity index (χ1) is 6.18. The molecule has 0 fully saturated rings. The fraction of sp³-hybridized carbons (Fsp3) is 0.400. The van der Waals surface area contributed by atoms with Crippen molar-refractivity contribution in [3.63, 3.8) is 0 Å². The van der Waals surface area contributed by atoms with E-state index in [1.807, 2.05) is 6.07 Å². The first kappa shape index (κ1) is 8.23. The topological polar surface area (TPSA) is 42.0 Å². The van der Waals surface area contributed by atoms with Crippen molar-refractivity contribution in [2.75, 3.05) is 5.32 Å². The lowest BCUT2D eigenvalue weighted by molar-refractivity contribution is -0.115. The molecule has 1 aliphatic heterocycles. The van der Waals surface area contributed by atoms with Crippen molar-refractivity contribution >= 4 is 11.6 Å². The highest BCUT2D eigenvalue weighted by Crippen LogP contribution is 2.29. The highest BCUT2D eigenvalue weighted by molar-refractivity contribution is 5.99. The van der Waals surface area contributed by atoms with Crippen LogP contribution < -0.4 is 5.32 Å². The summed E-state index contributed by atoms with van der Waals surface area (Å²) in [6.45, 7) is 4.15. The van der Waals surface area contributed by atoms with Crippen LogP contribution in [0.15, 0.2) is 12.3 Å². The summed E-state index contributed by atoms with van der Waals surface area (Å²) in [6.07, 6.45) is 2.27. The zero-order valence-corrected chi connectivity index (χ0v) is 7.79. The van der Waals surface area contributed by atoms with Crippen molar-refractivity contribution in [2.24, 2.45) is 0 Å². The summed E-state index contributed by atoms with van der Waals surface area (Å²) < 4.78 is 0. The van der Waals surface area contributed by atoms with E-state index in [9.17, 15) is 4.79 Å². The van der Waals surface area contributed by atoms with Gasteiger partial charge in [0.15, 0.2) is 0 Å². The van der Waals surface area contributed by atoms with Crippen molar-refractivity contribution < 1.29 is 4.79 Å². The average Bonchev–Trinajstić information content (AvgIpc) is 2.43. The molecule has 13 heavy (non-hydrogen) atoms. The van der Waals surface area contributed by atoms with Gasteiger partial charge in [-0.3, -0.25) is 9.78 Å². The summed E-state index contributed by atoms with van der Waals surface area (Å²) in [7, 11) is 0. The molecule has 1 aliphatic rings. The van der Waals surface area contributed by atoms with E-state index in [1.165, 1.54) is 0 Å². The molecular weight excluding hydrogens is 164 g/mol. The van der Waals surface area contributed by atoms with Crippen molar-refractivity contribution in [1.29, 1.82) is 0 Å². The molecule has 1 aromatic heterocycles. The minimum absolute atomic E-state index is 0.0740. The van der Waals surface area contributed by atoms with Crippen LogP contribution >= 0.6 is 0 Å². The van der Waals surface area contributed by atoms with Crippen LogP contribution in [-0.4, -0.2) is 10.9 Å². The average molecular weight is 176 g/mol. The van der Waals surface area contributed by atoms with Crippen LogP contribution in [0.25, 0.3) is 0 Å². The van der Waals surface area contributed by atoms with Crippen LogP contribution in [0.4, 0.5) is 5.69 Å². The van der Waals surface area contributed by atoms with Gasteiger partial charge in [-0.1, -0.05) is 13.8 Å². The van der Waals surface area contributed by atoms with Crippen LogP contribution in [0.3, 0.4) is 0 Å². The third kappa shape index (κ3) is 1.30. The molecule has 0 spiro atoms. The van der Waals surface area contributed by atoms with Crippen LogP contribution in [0, 0.1) is 0 Å². The van der Waals surface area contributed by atoms with E-state index in [1.54, 1.807) is 6.20 Å². The fourth-order valence-corrected chi connectivity index (χ4v) is 1.61. The smallest absolute Gasteiger partial charge is 0.228 e. The van der Waals surface area contributed by atoms with Crippen molar-refractivity contribution in [3.05, 3.63) is 23.5 Å². The maximum Gasteiger partial charge on any atom is 0.228 e. The Morgan fingerprint density at radius 1 is 1.54 bits per heavy atom. The number of pyridine rings is 1. The third-order valence-electron chi connectivity index (χ3n) is 2.23. The molecule has 3 nitrogen and oxygen atoms in total. The second kappa shape index (κ2) is 2.83. The Morgan fingerprint density at radius 3 is 3.00 bits per heavy atom. The number of rotatable bonds is 1. The highest BCUT2D eigenvalue weighted by atomic mass is 16.1. The molecule has 1 amide bonds. The number of hydrogen-bond donors (Lipinski definition) is 1. The van der Waals surface area contributed by atoms with E-state index in [0.29, 0.717) is 12.3 Å². The third-order valence-corrected chi connectivity index (χ3v) is 2.23. The molecule has 1 aromatic rings. The van der Waals surface area contributed by atoms with Gasteiger partial charge in [0.05, 0.1) is 17.8 Å². The first-order valence-electron chi connectivity index (χ1n) is 4.46. The maximum absolute atomic E-state index is 11.1. The number of nitrogens with zero attached hydrogens (tertiary/aromatic N) is 1. The monoisotopic (exact) mass is 176 g/mol. The van der Waals surface area contributed by atoms with Crippen molar-refractivity contribution in [3.8, 4) is 0 Å². The van der Waals surface area contributed by atoms with E-state index in [0.717, 1.165) is 16.9 Å². The standard InChI is InChI=1S/C10H12N2O/c1-6(2)9-10-7(3-4-11-9)5-8(13)12-10/h3-4,6H,5H2,1-2H3,(H,12,13). The number of carbonyl (C=O) groups excluding carboxylic acids is 1. The number of anilines is 1. The molecule has 1 N–H and O–H groups in total. The Morgan fingerprint density at radius 2 is 2.31 bits per heavy atom. The molecule has 2 rings (SSSR count). The molecular formula is C10H12N2O. The lowest BCUT2D eigenvalue weighted by Crippen LogP contribution is -2.06. The van der Waals surface area contributed by atoms with Gasteiger partial charge in [-0.2, -0.15) is 0 Å². The Balaban J connectivity index is 2.51. The van der Waals surface area contributed by atoms with Gasteiger partial charge in [0.2, 0.25) is 5.91 Å². The van der Waals surface area contributed by atoms with Crippen LogP contribution in [0.5, 0.6) is 0 Å². The van der Waals surface area contributed by atoms with Gasteiger partial charge in [0.25, 0.3) is 0 Å². The minimum atomic E-state index is 0.0740. The number of hydrogen-bond acceptors (Lipinski definition) is 2. The van der Waals surface area contributed by atoms with Gasteiger partial charge in [-0.15, -0.1) is 0 Å². The summed E-state index contributed by atoms with van der Waals surface area (Å²) >= 11 is 0. The van der Waals surface area contributed by atoms with Gasteiger partial charge in [0, 0.05) is 6.20 Å². The molecule has 2 heterocycles. The zero-order valence-electron chi connectivity index (χ0n) is 7.79. The predicted octanol–water partition coefficient (Wildman–Crippen LogP) is 1.70. The van der Waals surface area contributed by atoms with Gasteiger partial charge >= 0.3 is 0 Å². The fourth-order valence-electron chi connectivity index (χ4n) is 1.61. The SMILES string of the molecule is CC(C)c1nccc2c1NC(=O)C2. The molecule has 0 aliphatic carbocycles. The van der Waals surface area contributed by atoms with E-state index >= 15 is 0 Å². The second-order valence-electron chi connectivity index (χ2n) is 3.61. The van der Waals surface area contributed by atoms with E-state index in [2.05, 4.69) is 24.1 Å². The quantitative estimate of drug-likeness (QED) is 0.707. The molecule has 0 atom stereocenters. The molecule has 0 radical (unpaired) electrons. The Hall–Kier alpha value is -1.38. The highest BCUT2D eigenvalue weighted by Gasteiger charge is 2.21. The largest absolute Gasteiger partial charge is 0.324 e. The van der Waals surface area contributed by atoms with Gasteiger partial charge < -0.3 is 5.32 Å². The molecule has 0 unspecified atom stereocenters. The number of amides is 1. The lowest BCUT2D eigenvalue weighted by Gasteiger charge is -2.09. The minimum Gasteiger partial charge on any atom is -0.324 e. The van der Waals surface area contributed by atoms with Crippen molar-refractivity contribution in [2.45, 2.75) is 26.2 Å². The Bertz CT molecular complexity index is 358. The molecule has 68 valence electrons. The van der Waals surface area contributed by atoms with Gasteiger partial charge in [-0.05, 0) is 17.5 Å². The maximum atomic E-state index is 11.1. The second-order valence-corrected chi connectivity index (χ2v) is 3.61. The van der Waals surface area contributed by atoms with Crippen LogP contribution in [-0.2, 0) is 11.2 Å². The normalized spacial score (nSPS) is 14.5. The van der Waals surface area contributed by atoms with Gasteiger partial charge in [0.1, 0.15) is 0 Å². The first-order valence-corrected chi connectivity index (χ1v) is 4.46. The molecule has 0 saturated carbocycles. The van der Waals surface area contributed by atoms with E-state index in [4.69, 9.17) is 0 Å². The lowest BCUT2D eigenvalue weighted by atomic mass is 10.1. The van der Waals surface area contributed by atoms with Crippen LogP contribution in [0.1, 0.15) is 31.0 Å². The summed E-state index contributed by atoms with van der Waals surface area (Å²) in [5.74, 6) is 0.429. The number of fused-ring (bicyclic) bond motifs is 1. The predicted molar refractivity (Wildman–Crippen MR) is 50.7 cm³/mol. The molecule has 0 aromatic carbocycles. The van der Waals surface area contributed by atoms with Crippen LogP contribution in [0.2, 0.25) is 0 Å². The summed E-state index contributed by atoms with van der Waals surface area (Å²) in [5, 5.41) is 2.85. The summed E-state index contributed by atoms with van der Waals surface area (Å²) in [5.41, 5.74) is 2.99. The van der Waals surface area contributed by atoms with E-state index in [-0.39, 0.29) is 5.91 Å². The molecule has 0 saturated heterocycles. The zero-order chi connectivity index (χ0) is 9.42. The number of aromatic nitrogens is 1. The Kier molecular flexibility index (Phi) is 1.79. The van der Waals surface area contributed by atoms with Gasteiger partial charge in [-0.25, -0.2) is 0 Å². The Labute approximate surface area is 77.2 Å². The molecule has 0 bridgehead atoms. The van der Waals surface area contributed by atoms with E-state index < -0.39 is 0 Å². The molecule has 3 heteroatoms. The number of carbonyl (C=O) groups is 1. The summed E-state index contributed by atoms with van der Waals surface area (Å²) in [6, 6.07) is 1.90. The van der Waals surface area contributed by atoms with Crippen molar-refractivity contribution in [1.82, 2.24) is 4.98 Å². The number of nitrogens with one attached hydrogen (secondary N) is 1. The summed E-state index contributed by atoms with van der Waals surface area (Å²) in [4.78, 5) is 15.4.